The fourth-order valence-corrected chi connectivity index (χ4v) is 4.36. The molecule has 2 heterocycles. The predicted octanol–water partition coefficient (Wildman–Crippen LogP) is 2.64. The number of nitrogens with one attached hydrogen (secondary N) is 2. The Bertz CT molecular complexity index is 427. The van der Waals surface area contributed by atoms with Crippen molar-refractivity contribution in [1.82, 2.24) is 20.4 Å². The quantitative estimate of drug-likeness (QED) is 0.217. The van der Waals surface area contributed by atoms with E-state index in [1.165, 1.54) is 58.4 Å². The van der Waals surface area contributed by atoms with Crippen LogP contribution in [-0.2, 0) is 4.74 Å². The molecular weight excluding hydrogens is 465 g/mol. The van der Waals surface area contributed by atoms with Crippen LogP contribution >= 0.6 is 24.0 Å². The van der Waals surface area contributed by atoms with E-state index < -0.39 is 0 Å². The summed E-state index contributed by atoms with van der Waals surface area (Å²) in [6.45, 7) is 13.7. The van der Waals surface area contributed by atoms with E-state index in [1.807, 2.05) is 7.05 Å². The van der Waals surface area contributed by atoms with Gasteiger partial charge < -0.3 is 25.2 Å². The van der Waals surface area contributed by atoms with Crippen LogP contribution in [-0.4, -0.2) is 88.4 Å². The number of piperidine rings is 2. The van der Waals surface area contributed by atoms with Crippen LogP contribution in [0.2, 0.25) is 0 Å². The molecule has 6 nitrogen and oxygen atoms in total. The van der Waals surface area contributed by atoms with Crippen molar-refractivity contribution in [2.24, 2.45) is 16.8 Å². The van der Waals surface area contributed by atoms with E-state index in [2.05, 4.69) is 39.3 Å². The van der Waals surface area contributed by atoms with Crippen molar-refractivity contribution >= 4 is 29.9 Å². The molecule has 2 aliphatic rings. The molecule has 0 aliphatic carbocycles. The average molecular weight is 510 g/mol. The van der Waals surface area contributed by atoms with Crippen LogP contribution in [0.3, 0.4) is 0 Å². The Balaban J connectivity index is 0.00000392. The van der Waals surface area contributed by atoms with E-state index in [-0.39, 0.29) is 24.0 Å². The van der Waals surface area contributed by atoms with Crippen LogP contribution in [0.4, 0.5) is 0 Å². The molecule has 0 radical (unpaired) electrons. The third-order valence-corrected chi connectivity index (χ3v) is 5.76. The van der Waals surface area contributed by atoms with Crippen molar-refractivity contribution in [3.05, 3.63) is 0 Å². The summed E-state index contributed by atoms with van der Waals surface area (Å²) in [5, 5.41) is 7.25. The van der Waals surface area contributed by atoms with E-state index in [1.54, 1.807) is 7.11 Å². The number of hydrogen-bond donors (Lipinski definition) is 2. The average Bonchev–Trinajstić information content (AvgIpc) is 2.66. The van der Waals surface area contributed by atoms with Gasteiger partial charge in [-0.1, -0.05) is 13.8 Å². The maximum absolute atomic E-state index is 5.16. The summed E-state index contributed by atoms with van der Waals surface area (Å²) in [6, 6.07) is 0.540. The van der Waals surface area contributed by atoms with Gasteiger partial charge in [0.15, 0.2) is 5.96 Å². The molecule has 2 saturated heterocycles. The van der Waals surface area contributed by atoms with E-state index in [0.29, 0.717) is 6.04 Å². The van der Waals surface area contributed by atoms with Gasteiger partial charge in [-0.25, -0.2) is 0 Å². The number of halogens is 1. The summed E-state index contributed by atoms with van der Waals surface area (Å²) in [6.07, 6.45) is 6.18. The van der Waals surface area contributed by atoms with Crippen LogP contribution in [0.5, 0.6) is 0 Å². The maximum Gasteiger partial charge on any atom is 0.191 e. The van der Waals surface area contributed by atoms with Crippen LogP contribution in [0.1, 0.15) is 46.0 Å². The number of guanidine groups is 1. The minimum atomic E-state index is 0. The molecule has 166 valence electrons. The first-order chi connectivity index (χ1) is 13.1. The van der Waals surface area contributed by atoms with Gasteiger partial charge in [0, 0.05) is 66.1 Å². The topological polar surface area (TPSA) is 52.1 Å². The van der Waals surface area contributed by atoms with Crippen molar-refractivity contribution in [3.63, 3.8) is 0 Å². The molecule has 0 amide bonds. The number of hydrogen-bond acceptors (Lipinski definition) is 4. The third kappa shape index (κ3) is 10.1. The van der Waals surface area contributed by atoms with Gasteiger partial charge in [-0.2, -0.15) is 0 Å². The molecule has 28 heavy (non-hydrogen) atoms. The van der Waals surface area contributed by atoms with Gasteiger partial charge in [-0.3, -0.25) is 4.99 Å². The lowest BCUT2D eigenvalue weighted by atomic mass is 9.97. The minimum absolute atomic E-state index is 0. The largest absolute Gasteiger partial charge is 0.385 e. The van der Waals surface area contributed by atoms with Crippen molar-refractivity contribution in [1.29, 1.82) is 0 Å². The molecule has 2 fully saturated rings. The Hall–Kier alpha value is -0.120. The zero-order valence-corrected chi connectivity index (χ0v) is 20.9. The minimum Gasteiger partial charge on any atom is -0.385 e. The fraction of sp³-hybridized carbons (Fsp3) is 0.952. The Labute approximate surface area is 190 Å². The van der Waals surface area contributed by atoms with Crippen LogP contribution in [0, 0.1) is 11.8 Å². The van der Waals surface area contributed by atoms with Gasteiger partial charge >= 0.3 is 0 Å². The normalized spacial score (nSPS) is 22.9. The van der Waals surface area contributed by atoms with Crippen molar-refractivity contribution in [2.75, 3.05) is 66.6 Å². The Kier molecular flexibility index (Phi) is 13.7. The van der Waals surface area contributed by atoms with E-state index in [0.717, 1.165) is 43.9 Å². The second kappa shape index (κ2) is 14.8. The van der Waals surface area contributed by atoms with E-state index in [4.69, 9.17) is 4.74 Å². The van der Waals surface area contributed by atoms with Crippen molar-refractivity contribution < 1.29 is 4.74 Å². The molecule has 0 bridgehead atoms. The second-order valence-corrected chi connectivity index (χ2v) is 8.72. The first kappa shape index (κ1) is 25.9. The summed E-state index contributed by atoms with van der Waals surface area (Å²) >= 11 is 0. The maximum atomic E-state index is 5.16. The number of ether oxygens (including phenoxy) is 1. The van der Waals surface area contributed by atoms with Gasteiger partial charge in [0.05, 0.1) is 0 Å². The lowest BCUT2D eigenvalue weighted by Gasteiger charge is -2.35. The highest BCUT2D eigenvalue weighted by Crippen LogP contribution is 2.17. The summed E-state index contributed by atoms with van der Waals surface area (Å²) in [5.41, 5.74) is 0. The van der Waals surface area contributed by atoms with Crippen LogP contribution < -0.4 is 10.6 Å². The van der Waals surface area contributed by atoms with Gasteiger partial charge in [-0.05, 0) is 50.5 Å². The predicted molar refractivity (Wildman–Crippen MR) is 130 cm³/mol. The number of nitrogens with zero attached hydrogens (tertiary/aromatic N) is 3. The molecular formula is C21H44IN5O. The lowest BCUT2D eigenvalue weighted by molar-refractivity contribution is 0.154. The third-order valence-electron chi connectivity index (χ3n) is 5.76. The Morgan fingerprint density at radius 1 is 1.14 bits per heavy atom. The van der Waals surface area contributed by atoms with Gasteiger partial charge in [0.1, 0.15) is 0 Å². The zero-order chi connectivity index (χ0) is 19.5. The number of aliphatic imine (C=N–C) groups is 1. The molecule has 0 aromatic carbocycles. The first-order valence-electron chi connectivity index (χ1n) is 11.0. The summed E-state index contributed by atoms with van der Waals surface area (Å²) in [4.78, 5) is 9.65. The summed E-state index contributed by atoms with van der Waals surface area (Å²) in [5.74, 6) is 2.47. The molecule has 0 aromatic heterocycles. The highest BCUT2D eigenvalue weighted by molar-refractivity contribution is 14.0. The smallest absolute Gasteiger partial charge is 0.191 e. The summed E-state index contributed by atoms with van der Waals surface area (Å²) in [7, 11) is 3.67. The van der Waals surface area contributed by atoms with Gasteiger partial charge in [0.2, 0.25) is 0 Å². The first-order valence-corrected chi connectivity index (χ1v) is 11.0. The Morgan fingerprint density at radius 2 is 1.89 bits per heavy atom. The fourth-order valence-electron chi connectivity index (χ4n) is 4.36. The SMILES string of the molecule is CN=C(NCC1CCCN(CC(C)C)C1)NC1CCN(CCCOC)CC1.I. The lowest BCUT2D eigenvalue weighted by Crippen LogP contribution is -2.50. The molecule has 7 heteroatoms. The summed E-state index contributed by atoms with van der Waals surface area (Å²) < 4.78 is 5.16. The van der Waals surface area contributed by atoms with Crippen molar-refractivity contribution in [3.8, 4) is 0 Å². The van der Waals surface area contributed by atoms with Crippen LogP contribution in [0.25, 0.3) is 0 Å². The second-order valence-electron chi connectivity index (χ2n) is 8.72. The number of methoxy groups -OCH3 is 1. The molecule has 1 unspecified atom stereocenters. The molecule has 0 aromatic rings. The van der Waals surface area contributed by atoms with Crippen molar-refractivity contribution in [2.45, 2.75) is 52.0 Å². The standard InChI is InChI=1S/C21H43N5O.HI/c1-18(2)16-26-10-5-7-19(17-26)15-23-21(22-3)24-20-8-12-25(13-9-20)11-6-14-27-4;/h18-20H,5-17H2,1-4H3,(H2,22,23,24);1H. The molecule has 1 atom stereocenters. The molecule has 0 spiro atoms. The van der Waals surface area contributed by atoms with E-state index in [9.17, 15) is 0 Å². The van der Waals surface area contributed by atoms with Crippen LogP contribution in [0.15, 0.2) is 4.99 Å². The zero-order valence-electron chi connectivity index (χ0n) is 18.6. The molecule has 2 aliphatic heterocycles. The Morgan fingerprint density at radius 3 is 2.54 bits per heavy atom. The van der Waals surface area contributed by atoms with E-state index >= 15 is 0 Å². The monoisotopic (exact) mass is 509 g/mol. The molecule has 2 N–H and O–H groups in total. The highest BCUT2D eigenvalue weighted by atomic mass is 127. The number of likely N-dealkylation sites (tertiary alicyclic amines) is 2. The molecule has 2 rings (SSSR count). The number of rotatable bonds is 9. The van der Waals surface area contributed by atoms with Gasteiger partial charge in [0.25, 0.3) is 0 Å². The highest BCUT2D eigenvalue weighted by Gasteiger charge is 2.22. The molecule has 0 saturated carbocycles. The van der Waals surface area contributed by atoms with Gasteiger partial charge in [-0.15, -0.1) is 24.0 Å².